The second-order valence-electron chi connectivity index (χ2n) is 5.10. The van der Waals surface area contributed by atoms with E-state index in [-0.39, 0.29) is 18.7 Å². The molecule has 2 N–H and O–H groups in total. The predicted molar refractivity (Wildman–Crippen MR) is 65.2 cm³/mol. The van der Waals surface area contributed by atoms with E-state index in [4.69, 9.17) is 0 Å². The van der Waals surface area contributed by atoms with Crippen LogP contribution in [0.3, 0.4) is 0 Å². The maximum absolute atomic E-state index is 12.8. The molecule has 2 atom stereocenters. The zero-order valence-electron chi connectivity index (χ0n) is 10.2. The Kier molecular flexibility index (Phi) is 2.94. The predicted octanol–water partition coefficient (Wildman–Crippen LogP) is 1.40. The molecule has 1 saturated heterocycles. The van der Waals surface area contributed by atoms with Crippen LogP contribution in [0.5, 0.6) is 0 Å². The van der Waals surface area contributed by atoms with Crippen LogP contribution in [0.4, 0.5) is 18.9 Å². The number of aliphatic hydroxyl groups is 1. The van der Waals surface area contributed by atoms with E-state index < -0.39 is 11.7 Å². The van der Waals surface area contributed by atoms with Crippen molar-refractivity contribution in [2.45, 2.75) is 24.7 Å². The lowest BCUT2D eigenvalue weighted by molar-refractivity contribution is -0.137. The van der Waals surface area contributed by atoms with Crippen LogP contribution >= 0.6 is 0 Å². The second kappa shape index (κ2) is 4.38. The summed E-state index contributed by atoms with van der Waals surface area (Å²) in [5, 5.41) is 12.6. The molecular weight excluding hydrogens is 257 g/mol. The highest BCUT2D eigenvalue weighted by molar-refractivity contribution is 5.62. The van der Waals surface area contributed by atoms with Crippen LogP contribution in [0.15, 0.2) is 18.2 Å². The van der Waals surface area contributed by atoms with Gasteiger partial charge in [-0.25, -0.2) is 0 Å². The van der Waals surface area contributed by atoms with Gasteiger partial charge in [0.25, 0.3) is 0 Å². The molecule has 2 aliphatic heterocycles. The third kappa shape index (κ3) is 2.08. The molecule has 1 fully saturated rings. The molecule has 1 aromatic rings. The first-order valence-corrected chi connectivity index (χ1v) is 6.30. The largest absolute Gasteiger partial charge is 0.416 e. The minimum Gasteiger partial charge on any atom is -0.394 e. The van der Waals surface area contributed by atoms with Crippen LogP contribution in [0, 0.1) is 0 Å². The number of anilines is 1. The number of alkyl halides is 3. The molecule has 0 spiro atoms. The first kappa shape index (κ1) is 12.7. The molecule has 3 nitrogen and oxygen atoms in total. The highest BCUT2D eigenvalue weighted by atomic mass is 19.4. The topological polar surface area (TPSA) is 35.5 Å². The van der Waals surface area contributed by atoms with Crippen LogP contribution in [-0.2, 0) is 12.6 Å². The lowest BCUT2D eigenvalue weighted by atomic mass is 10.1. The van der Waals surface area contributed by atoms with Crippen LogP contribution in [0.2, 0.25) is 0 Å². The van der Waals surface area contributed by atoms with Gasteiger partial charge in [-0.15, -0.1) is 0 Å². The molecule has 104 valence electrons. The van der Waals surface area contributed by atoms with Gasteiger partial charge in [-0.05, 0) is 24.1 Å². The van der Waals surface area contributed by atoms with Crippen molar-refractivity contribution >= 4 is 5.69 Å². The molecule has 0 aliphatic carbocycles. The zero-order chi connectivity index (χ0) is 13.6. The Bertz CT molecular complexity index is 483. The summed E-state index contributed by atoms with van der Waals surface area (Å²) in [4.78, 5) is 1.95. The Balaban J connectivity index is 2.01. The number of fused-ring (bicyclic) bond motifs is 3. The Morgan fingerprint density at radius 3 is 2.79 bits per heavy atom. The minimum atomic E-state index is -4.32. The van der Waals surface area contributed by atoms with Gasteiger partial charge in [-0.3, -0.25) is 0 Å². The van der Waals surface area contributed by atoms with Crippen LogP contribution in [-0.4, -0.2) is 36.9 Å². The maximum atomic E-state index is 12.8. The molecule has 2 heterocycles. The third-order valence-corrected chi connectivity index (χ3v) is 3.90. The molecular formula is C13H15F3N2O. The first-order valence-electron chi connectivity index (χ1n) is 6.30. The average Bonchev–Trinajstić information content (AvgIpc) is 2.75. The fraction of sp³-hybridized carbons (Fsp3) is 0.538. The average molecular weight is 272 g/mol. The third-order valence-electron chi connectivity index (χ3n) is 3.90. The number of rotatable bonds is 1. The van der Waals surface area contributed by atoms with E-state index in [0.717, 1.165) is 24.6 Å². The van der Waals surface area contributed by atoms with E-state index in [1.807, 2.05) is 4.90 Å². The molecule has 3 rings (SSSR count). The van der Waals surface area contributed by atoms with Crippen LogP contribution in [0.1, 0.15) is 11.1 Å². The summed E-state index contributed by atoms with van der Waals surface area (Å²) in [6.07, 6.45) is -3.59. The lowest BCUT2D eigenvalue weighted by Gasteiger charge is -2.39. The highest BCUT2D eigenvalue weighted by Crippen LogP contribution is 2.39. The van der Waals surface area contributed by atoms with Gasteiger partial charge in [0.05, 0.1) is 18.2 Å². The SMILES string of the molecule is OCC1CNCC2Cc3ccc(C(F)(F)F)cc3N12. The number of hydrogen-bond donors (Lipinski definition) is 2. The smallest absolute Gasteiger partial charge is 0.394 e. The van der Waals surface area contributed by atoms with Crippen molar-refractivity contribution in [2.24, 2.45) is 0 Å². The second-order valence-corrected chi connectivity index (χ2v) is 5.10. The summed E-state index contributed by atoms with van der Waals surface area (Å²) in [5.41, 5.74) is 0.933. The number of nitrogens with one attached hydrogen (secondary N) is 1. The van der Waals surface area contributed by atoms with Crippen molar-refractivity contribution in [2.75, 3.05) is 24.6 Å². The molecule has 6 heteroatoms. The Morgan fingerprint density at radius 1 is 1.32 bits per heavy atom. The van der Waals surface area contributed by atoms with Crippen LogP contribution < -0.4 is 10.2 Å². The molecule has 1 aromatic carbocycles. The standard InChI is InChI=1S/C13H15F3N2O/c14-13(15,16)9-2-1-8-3-10-5-17-6-11(7-19)18(10)12(8)4-9/h1-2,4,10-11,17,19H,3,5-7H2. The summed E-state index contributed by atoms with van der Waals surface area (Å²) in [7, 11) is 0. The van der Waals surface area contributed by atoms with E-state index in [2.05, 4.69) is 5.32 Å². The number of piperazine rings is 1. The van der Waals surface area contributed by atoms with E-state index in [1.54, 1.807) is 6.07 Å². The van der Waals surface area contributed by atoms with Gasteiger partial charge >= 0.3 is 6.18 Å². The summed E-state index contributed by atoms with van der Waals surface area (Å²) in [5.74, 6) is 0. The summed E-state index contributed by atoms with van der Waals surface area (Å²) < 4.78 is 38.3. The zero-order valence-corrected chi connectivity index (χ0v) is 10.2. The first-order chi connectivity index (χ1) is 9.00. The fourth-order valence-corrected chi connectivity index (χ4v) is 3.03. The molecule has 0 amide bonds. The van der Waals surface area contributed by atoms with Gasteiger partial charge in [0, 0.05) is 24.8 Å². The molecule has 19 heavy (non-hydrogen) atoms. The monoisotopic (exact) mass is 272 g/mol. The number of benzene rings is 1. The fourth-order valence-electron chi connectivity index (χ4n) is 3.03. The van der Waals surface area contributed by atoms with Crippen molar-refractivity contribution in [3.63, 3.8) is 0 Å². The van der Waals surface area contributed by atoms with Gasteiger partial charge < -0.3 is 15.3 Å². The van der Waals surface area contributed by atoms with Crippen LogP contribution in [0.25, 0.3) is 0 Å². The lowest BCUT2D eigenvalue weighted by Crippen LogP contribution is -2.57. The molecule has 0 saturated carbocycles. The normalized spacial score (nSPS) is 26.2. The number of nitrogens with zero attached hydrogens (tertiary/aromatic N) is 1. The van der Waals surface area contributed by atoms with Crippen molar-refractivity contribution in [1.29, 1.82) is 0 Å². The van der Waals surface area contributed by atoms with Gasteiger partial charge in [0.2, 0.25) is 0 Å². The van der Waals surface area contributed by atoms with E-state index in [9.17, 15) is 18.3 Å². The number of hydrogen-bond acceptors (Lipinski definition) is 3. The Hall–Kier alpha value is -1.27. The van der Waals surface area contributed by atoms with Crippen molar-refractivity contribution in [3.05, 3.63) is 29.3 Å². The number of aliphatic hydroxyl groups excluding tert-OH is 1. The minimum absolute atomic E-state index is 0.0564. The van der Waals surface area contributed by atoms with E-state index in [1.165, 1.54) is 6.07 Å². The van der Waals surface area contributed by atoms with Gasteiger partial charge in [-0.1, -0.05) is 6.07 Å². The summed E-state index contributed by atoms with van der Waals surface area (Å²) in [6, 6.07) is 3.90. The Labute approximate surface area is 109 Å². The molecule has 0 bridgehead atoms. The van der Waals surface area contributed by atoms with E-state index >= 15 is 0 Å². The van der Waals surface area contributed by atoms with Gasteiger partial charge in [-0.2, -0.15) is 13.2 Å². The molecule has 0 aromatic heterocycles. The summed E-state index contributed by atoms with van der Waals surface area (Å²) in [6.45, 7) is 1.29. The molecule has 2 aliphatic rings. The summed E-state index contributed by atoms with van der Waals surface area (Å²) >= 11 is 0. The van der Waals surface area contributed by atoms with Crippen molar-refractivity contribution in [1.82, 2.24) is 5.32 Å². The van der Waals surface area contributed by atoms with Gasteiger partial charge in [0.1, 0.15) is 0 Å². The quantitative estimate of drug-likeness (QED) is 0.811. The van der Waals surface area contributed by atoms with Crippen molar-refractivity contribution < 1.29 is 18.3 Å². The number of halogens is 3. The maximum Gasteiger partial charge on any atom is 0.416 e. The highest BCUT2D eigenvalue weighted by Gasteiger charge is 2.39. The molecule has 2 unspecified atom stereocenters. The molecule has 0 radical (unpaired) electrons. The Morgan fingerprint density at radius 2 is 2.11 bits per heavy atom. The van der Waals surface area contributed by atoms with Gasteiger partial charge in [0.15, 0.2) is 0 Å². The van der Waals surface area contributed by atoms with Crippen molar-refractivity contribution in [3.8, 4) is 0 Å². The van der Waals surface area contributed by atoms with E-state index in [0.29, 0.717) is 12.2 Å².